The molecule has 0 saturated carbocycles. The molecular weight excluding hydrogens is 400 g/mol. The molecule has 2 aliphatic rings. The number of hydrogen-bond acceptors (Lipinski definition) is 8. The van der Waals surface area contributed by atoms with Gasteiger partial charge in [-0.3, -0.25) is 19.7 Å². The maximum atomic E-state index is 12.3. The Morgan fingerprint density at radius 1 is 1.34 bits per heavy atom. The van der Waals surface area contributed by atoms with Crippen molar-refractivity contribution in [2.75, 3.05) is 12.1 Å². The van der Waals surface area contributed by atoms with Gasteiger partial charge in [0.15, 0.2) is 6.79 Å². The van der Waals surface area contributed by atoms with Crippen molar-refractivity contribution < 1.29 is 28.7 Å². The van der Waals surface area contributed by atoms with Gasteiger partial charge in [-0.2, -0.15) is 0 Å². The highest BCUT2D eigenvalue weighted by Crippen LogP contribution is 2.37. The van der Waals surface area contributed by atoms with Gasteiger partial charge < -0.3 is 19.5 Å². The number of fused-ring (bicyclic) bond motifs is 2. The number of anilines is 1. The lowest BCUT2D eigenvalue weighted by Crippen LogP contribution is -2.31. The van der Waals surface area contributed by atoms with Crippen LogP contribution in [0.1, 0.15) is 17.5 Å². The van der Waals surface area contributed by atoms with Crippen LogP contribution < -0.4 is 10.1 Å². The van der Waals surface area contributed by atoms with Crippen LogP contribution in [0.4, 0.5) is 11.4 Å². The Balaban J connectivity index is 1.43. The Morgan fingerprint density at radius 3 is 3.00 bits per heavy atom. The van der Waals surface area contributed by atoms with E-state index in [9.17, 15) is 19.7 Å². The zero-order valence-corrected chi connectivity index (χ0v) is 15.9. The quantitative estimate of drug-likeness (QED) is 0.449. The number of rotatable bonds is 5. The van der Waals surface area contributed by atoms with E-state index in [-0.39, 0.29) is 38.0 Å². The van der Waals surface area contributed by atoms with Gasteiger partial charge in [0.2, 0.25) is 5.91 Å². The molecule has 10 heteroatoms. The van der Waals surface area contributed by atoms with Crippen LogP contribution in [0.5, 0.6) is 5.75 Å². The van der Waals surface area contributed by atoms with Gasteiger partial charge in [0, 0.05) is 28.2 Å². The number of nitrogens with one attached hydrogen (secondary N) is 1. The standard InChI is InChI=1S/C19H16N2O7S/c22-17(7-16-19(23)20-14-3-1-2-4-15(14)29-16)27-9-12-6-13(21(24)25)5-11-8-26-10-28-18(11)12/h1-6,16H,7-10H2,(H,20,23). The molecule has 0 spiro atoms. The van der Waals surface area contributed by atoms with Gasteiger partial charge in [0.05, 0.1) is 28.9 Å². The number of amides is 1. The van der Waals surface area contributed by atoms with Gasteiger partial charge in [0.1, 0.15) is 12.4 Å². The van der Waals surface area contributed by atoms with Crippen LogP contribution in [-0.2, 0) is 32.3 Å². The Labute approximate surface area is 169 Å². The zero-order chi connectivity index (χ0) is 20.4. The molecule has 0 aliphatic carbocycles. The first-order chi connectivity index (χ1) is 14.0. The first kappa shape index (κ1) is 19.2. The summed E-state index contributed by atoms with van der Waals surface area (Å²) in [6.07, 6.45) is -0.119. The van der Waals surface area contributed by atoms with Crippen molar-refractivity contribution in [2.24, 2.45) is 0 Å². The highest BCUT2D eigenvalue weighted by molar-refractivity contribution is 8.01. The molecule has 2 heterocycles. The summed E-state index contributed by atoms with van der Waals surface area (Å²) in [7, 11) is 0. The Kier molecular flexibility index (Phi) is 5.36. The van der Waals surface area contributed by atoms with Crippen molar-refractivity contribution in [3.63, 3.8) is 0 Å². The van der Waals surface area contributed by atoms with Crippen molar-refractivity contribution in [3.05, 3.63) is 57.6 Å². The average Bonchev–Trinajstić information content (AvgIpc) is 2.72. The average molecular weight is 416 g/mol. The summed E-state index contributed by atoms with van der Waals surface area (Å²) in [5, 5.41) is 13.3. The van der Waals surface area contributed by atoms with E-state index in [0.29, 0.717) is 16.9 Å². The van der Waals surface area contributed by atoms with Gasteiger partial charge in [-0.05, 0) is 12.1 Å². The van der Waals surface area contributed by atoms with Gasteiger partial charge in [-0.15, -0.1) is 11.8 Å². The number of para-hydroxylation sites is 1. The highest BCUT2D eigenvalue weighted by atomic mass is 32.2. The van der Waals surface area contributed by atoms with E-state index >= 15 is 0 Å². The number of benzene rings is 2. The number of carbonyl (C=O) groups excluding carboxylic acids is 2. The Hall–Kier alpha value is -3.11. The summed E-state index contributed by atoms with van der Waals surface area (Å²) in [6, 6.07) is 10.0. The molecule has 1 N–H and O–H groups in total. The van der Waals surface area contributed by atoms with Crippen LogP contribution in [0.2, 0.25) is 0 Å². The molecule has 0 radical (unpaired) electrons. The van der Waals surface area contributed by atoms with Crippen molar-refractivity contribution in [2.45, 2.75) is 29.8 Å². The van der Waals surface area contributed by atoms with Crippen LogP contribution >= 0.6 is 11.8 Å². The maximum absolute atomic E-state index is 12.3. The Morgan fingerprint density at radius 2 is 2.17 bits per heavy atom. The smallest absolute Gasteiger partial charge is 0.307 e. The predicted octanol–water partition coefficient (Wildman–Crippen LogP) is 3.01. The van der Waals surface area contributed by atoms with E-state index in [1.54, 1.807) is 6.07 Å². The van der Waals surface area contributed by atoms with Crippen LogP contribution in [0.3, 0.4) is 0 Å². The lowest BCUT2D eigenvalue weighted by molar-refractivity contribution is -0.385. The summed E-state index contributed by atoms with van der Waals surface area (Å²) >= 11 is 1.30. The molecule has 0 bridgehead atoms. The van der Waals surface area contributed by atoms with Crippen molar-refractivity contribution >= 4 is 35.0 Å². The molecule has 2 aromatic carbocycles. The number of thioether (sulfide) groups is 1. The highest BCUT2D eigenvalue weighted by Gasteiger charge is 2.30. The molecule has 2 aliphatic heterocycles. The molecule has 0 aromatic heterocycles. The summed E-state index contributed by atoms with van der Waals surface area (Å²) in [4.78, 5) is 36.0. The summed E-state index contributed by atoms with van der Waals surface area (Å²) in [5.74, 6) is -0.420. The normalized spacial score (nSPS) is 17.4. The molecule has 0 fully saturated rings. The fourth-order valence-electron chi connectivity index (χ4n) is 3.09. The lowest BCUT2D eigenvalue weighted by Gasteiger charge is -2.23. The minimum atomic E-state index is -0.610. The molecule has 1 unspecified atom stereocenters. The van der Waals surface area contributed by atoms with E-state index in [4.69, 9.17) is 14.2 Å². The third kappa shape index (κ3) is 4.17. The van der Waals surface area contributed by atoms with Gasteiger partial charge >= 0.3 is 5.97 Å². The zero-order valence-electron chi connectivity index (χ0n) is 15.1. The number of non-ortho nitro benzene ring substituents is 1. The largest absolute Gasteiger partial charge is 0.467 e. The molecule has 9 nitrogen and oxygen atoms in total. The fraction of sp³-hybridized carbons (Fsp3) is 0.263. The van der Waals surface area contributed by atoms with Crippen LogP contribution in [0.25, 0.3) is 0 Å². The molecule has 150 valence electrons. The molecular formula is C19H16N2O7S. The van der Waals surface area contributed by atoms with Crippen LogP contribution in [0.15, 0.2) is 41.3 Å². The molecule has 1 amide bonds. The predicted molar refractivity (Wildman–Crippen MR) is 103 cm³/mol. The van der Waals surface area contributed by atoms with E-state index in [2.05, 4.69) is 5.32 Å². The van der Waals surface area contributed by atoms with Crippen molar-refractivity contribution in [1.29, 1.82) is 0 Å². The van der Waals surface area contributed by atoms with Crippen LogP contribution in [0, 0.1) is 10.1 Å². The maximum Gasteiger partial charge on any atom is 0.307 e. The van der Waals surface area contributed by atoms with E-state index in [1.165, 1.54) is 23.9 Å². The number of hydrogen-bond donors (Lipinski definition) is 1. The SMILES string of the molecule is O=C(CC1Sc2ccccc2NC1=O)OCc1cc([N+](=O)[O-])cc2c1OCOC2. The second-order valence-electron chi connectivity index (χ2n) is 6.42. The summed E-state index contributed by atoms with van der Waals surface area (Å²) in [6.45, 7) is -0.00124. The first-order valence-corrected chi connectivity index (χ1v) is 9.62. The first-order valence-electron chi connectivity index (χ1n) is 8.74. The van der Waals surface area contributed by atoms with Crippen LogP contribution in [-0.4, -0.2) is 28.8 Å². The molecule has 1 atom stereocenters. The number of ether oxygens (including phenoxy) is 3. The number of carbonyl (C=O) groups is 2. The second-order valence-corrected chi connectivity index (χ2v) is 7.66. The van der Waals surface area contributed by atoms with E-state index in [0.717, 1.165) is 10.6 Å². The van der Waals surface area contributed by atoms with E-state index < -0.39 is 16.1 Å². The monoisotopic (exact) mass is 416 g/mol. The third-order valence-corrected chi connectivity index (χ3v) is 5.71. The van der Waals surface area contributed by atoms with Gasteiger partial charge in [0.25, 0.3) is 5.69 Å². The third-order valence-electron chi connectivity index (χ3n) is 4.43. The molecule has 2 aromatic rings. The second kappa shape index (κ2) is 8.10. The lowest BCUT2D eigenvalue weighted by atomic mass is 10.1. The minimum Gasteiger partial charge on any atom is -0.467 e. The van der Waals surface area contributed by atoms with Gasteiger partial charge in [-0.1, -0.05) is 12.1 Å². The fourth-order valence-corrected chi connectivity index (χ4v) is 4.18. The molecule has 4 rings (SSSR count). The summed E-state index contributed by atoms with van der Waals surface area (Å²) < 4.78 is 15.9. The van der Waals surface area contributed by atoms with Gasteiger partial charge in [-0.25, -0.2) is 0 Å². The van der Waals surface area contributed by atoms with Crippen molar-refractivity contribution in [1.82, 2.24) is 0 Å². The Bertz CT molecular complexity index is 995. The topological polar surface area (TPSA) is 117 Å². The number of nitrogens with zero attached hydrogens (tertiary/aromatic N) is 1. The molecule has 29 heavy (non-hydrogen) atoms. The summed E-state index contributed by atoms with van der Waals surface area (Å²) in [5.41, 5.74) is 1.49. The number of nitro groups is 1. The number of esters is 1. The minimum absolute atomic E-state index is 0.0179. The number of nitro benzene ring substituents is 1. The van der Waals surface area contributed by atoms with Crippen molar-refractivity contribution in [3.8, 4) is 5.75 Å². The van der Waals surface area contributed by atoms with E-state index in [1.807, 2.05) is 18.2 Å². The molecule has 0 saturated heterocycles.